The van der Waals surface area contributed by atoms with Gasteiger partial charge in [-0.15, -0.1) is 0 Å². The molecule has 0 saturated carbocycles. The van der Waals surface area contributed by atoms with E-state index >= 15 is 0 Å². The first-order valence-corrected chi connectivity index (χ1v) is 7.67. The number of nitrogens with zero attached hydrogens (tertiary/aromatic N) is 1. The van der Waals surface area contributed by atoms with Crippen molar-refractivity contribution in [1.82, 2.24) is 10.2 Å². The summed E-state index contributed by atoms with van der Waals surface area (Å²) in [5, 5.41) is 3.02. The number of amides is 2. The largest absolute Gasteiger partial charge is 0.496 e. The van der Waals surface area contributed by atoms with Crippen LogP contribution in [0.1, 0.15) is 25.3 Å². The van der Waals surface area contributed by atoms with Crippen molar-refractivity contribution in [2.75, 3.05) is 20.7 Å². The summed E-state index contributed by atoms with van der Waals surface area (Å²) in [7, 11) is 3.42. The van der Waals surface area contributed by atoms with Gasteiger partial charge < -0.3 is 15.0 Å². The molecule has 0 bridgehead atoms. The van der Waals surface area contributed by atoms with Gasteiger partial charge >= 0.3 is 0 Å². The molecular formula is C17H24N2O3. The van der Waals surface area contributed by atoms with E-state index in [1.54, 1.807) is 19.1 Å². The summed E-state index contributed by atoms with van der Waals surface area (Å²) in [6.45, 7) is 2.62. The summed E-state index contributed by atoms with van der Waals surface area (Å²) in [6, 6.07) is 7.80. The molecule has 1 aliphatic heterocycles. The number of nitrogens with one attached hydrogen (secondary N) is 1. The van der Waals surface area contributed by atoms with Gasteiger partial charge in [-0.05, 0) is 31.4 Å². The van der Waals surface area contributed by atoms with E-state index in [1.165, 1.54) is 0 Å². The predicted molar refractivity (Wildman–Crippen MR) is 84.7 cm³/mol. The zero-order valence-corrected chi connectivity index (χ0v) is 13.5. The molecule has 2 rings (SSSR count). The second kappa shape index (κ2) is 7.29. The van der Waals surface area contributed by atoms with Gasteiger partial charge in [-0.1, -0.05) is 18.2 Å². The summed E-state index contributed by atoms with van der Waals surface area (Å²) in [6.07, 6.45) is 1.75. The highest BCUT2D eigenvalue weighted by Crippen LogP contribution is 2.20. The van der Waals surface area contributed by atoms with E-state index in [2.05, 4.69) is 5.32 Å². The van der Waals surface area contributed by atoms with Gasteiger partial charge in [0.15, 0.2) is 0 Å². The normalized spacial score (nSPS) is 19.7. The van der Waals surface area contributed by atoms with Gasteiger partial charge in [-0.3, -0.25) is 9.59 Å². The molecule has 1 aromatic rings. The van der Waals surface area contributed by atoms with E-state index in [0.29, 0.717) is 19.4 Å². The van der Waals surface area contributed by atoms with Crippen LogP contribution in [0.5, 0.6) is 5.75 Å². The highest BCUT2D eigenvalue weighted by Gasteiger charge is 2.29. The van der Waals surface area contributed by atoms with Crippen molar-refractivity contribution in [2.24, 2.45) is 5.92 Å². The Morgan fingerprint density at radius 3 is 2.86 bits per heavy atom. The lowest BCUT2D eigenvalue weighted by Gasteiger charge is -2.29. The Bertz CT molecular complexity index is 544. The lowest BCUT2D eigenvalue weighted by Crippen LogP contribution is -2.44. The minimum Gasteiger partial charge on any atom is -0.496 e. The summed E-state index contributed by atoms with van der Waals surface area (Å²) >= 11 is 0. The van der Waals surface area contributed by atoms with E-state index < -0.39 is 0 Å². The third kappa shape index (κ3) is 4.00. The Balaban J connectivity index is 1.90. The number of rotatable bonds is 5. The molecule has 120 valence electrons. The lowest BCUT2D eigenvalue weighted by molar-refractivity contribution is -0.139. The van der Waals surface area contributed by atoms with Crippen molar-refractivity contribution in [3.05, 3.63) is 29.8 Å². The monoisotopic (exact) mass is 304 g/mol. The number of ether oxygens (including phenoxy) is 1. The van der Waals surface area contributed by atoms with Crippen molar-refractivity contribution in [1.29, 1.82) is 0 Å². The molecule has 0 aliphatic carbocycles. The number of carbonyl (C=O) groups excluding carboxylic acids is 2. The highest BCUT2D eigenvalue weighted by atomic mass is 16.5. The molecule has 5 nitrogen and oxygen atoms in total. The van der Waals surface area contributed by atoms with Crippen LogP contribution in [0.15, 0.2) is 24.3 Å². The first kappa shape index (κ1) is 16.3. The molecule has 2 atom stereocenters. The molecule has 1 aliphatic rings. The third-order valence-electron chi connectivity index (χ3n) is 4.14. The van der Waals surface area contributed by atoms with Crippen LogP contribution in [0, 0.1) is 5.92 Å². The summed E-state index contributed by atoms with van der Waals surface area (Å²) in [5.41, 5.74) is 1.07. The zero-order chi connectivity index (χ0) is 16.1. The van der Waals surface area contributed by atoms with E-state index in [9.17, 15) is 9.59 Å². The van der Waals surface area contributed by atoms with Gasteiger partial charge in [-0.25, -0.2) is 0 Å². The Hall–Kier alpha value is -2.04. The molecule has 0 radical (unpaired) electrons. The standard InChI is InChI=1S/C17H24N2O3/c1-12(10-13-6-4-5-7-15(13)22-3)18-17(21)14-8-9-19(2)16(20)11-14/h4-7,12,14H,8-11H2,1-3H3,(H,18,21). The number of hydrogen-bond acceptors (Lipinski definition) is 3. The Labute approximate surface area is 131 Å². The Kier molecular flexibility index (Phi) is 5.41. The van der Waals surface area contributed by atoms with Crippen LogP contribution in [-0.4, -0.2) is 43.5 Å². The first-order valence-electron chi connectivity index (χ1n) is 7.67. The van der Waals surface area contributed by atoms with Gasteiger partial charge in [0.2, 0.25) is 11.8 Å². The number of piperidine rings is 1. The molecule has 2 amide bonds. The van der Waals surface area contributed by atoms with Crippen molar-refractivity contribution < 1.29 is 14.3 Å². The topological polar surface area (TPSA) is 58.6 Å². The third-order valence-corrected chi connectivity index (χ3v) is 4.14. The van der Waals surface area contributed by atoms with Crippen LogP contribution in [0.3, 0.4) is 0 Å². The van der Waals surface area contributed by atoms with Gasteiger partial charge in [0, 0.05) is 32.0 Å². The van der Waals surface area contributed by atoms with E-state index in [4.69, 9.17) is 4.74 Å². The zero-order valence-electron chi connectivity index (χ0n) is 13.5. The fourth-order valence-electron chi connectivity index (χ4n) is 2.78. The van der Waals surface area contributed by atoms with Gasteiger partial charge in [0.05, 0.1) is 7.11 Å². The average Bonchev–Trinajstić information content (AvgIpc) is 2.50. The second-order valence-electron chi connectivity index (χ2n) is 5.93. The molecule has 1 saturated heterocycles. The second-order valence-corrected chi connectivity index (χ2v) is 5.93. The number of para-hydroxylation sites is 1. The van der Waals surface area contributed by atoms with Crippen molar-refractivity contribution >= 4 is 11.8 Å². The maximum Gasteiger partial charge on any atom is 0.223 e. The molecular weight excluding hydrogens is 280 g/mol. The number of carbonyl (C=O) groups is 2. The van der Waals surface area contributed by atoms with Gasteiger partial charge in [0.1, 0.15) is 5.75 Å². The van der Waals surface area contributed by atoms with Crippen LogP contribution in [0.2, 0.25) is 0 Å². The van der Waals surface area contributed by atoms with Gasteiger partial charge in [0.25, 0.3) is 0 Å². The molecule has 1 N–H and O–H groups in total. The maximum atomic E-state index is 12.3. The molecule has 0 aromatic heterocycles. The number of benzene rings is 1. The molecule has 22 heavy (non-hydrogen) atoms. The highest BCUT2D eigenvalue weighted by molar-refractivity contribution is 5.86. The molecule has 0 spiro atoms. The quantitative estimate of drug-likeness (QED) is 0.899. The van der Waals surface area contributed by atoms with Crippen LogP contribution in [-0.2, 0) is 16.0 Å². The van der Waals surface area contributed by atoms with Crippen LogP contribution >= 0.6 is 0 Å². The van der Waals surface area contributed by atoms with Crippen molar-refractivity contribution in [3.8, 4) is 5.75 Å². The van der Waals surface area contributed by atoms with E-state index in [0.717, 1.165) is 17.7 Å². The molecule has 1 heterocycles. The number of methoxy groups -OCH3 is 1. The summed E-state index contributed by atoms with van der Waals surface area (Å²) in [5.74, 6) is 0.648. The average molecular weight is 304 g/mol. The van der Waals surface area contributed by atoms with Crippen LogP contribution in [0.25, 0.3) is 0 Å². The molecule has 2 unspecified atom stereocenters. The molecule has 1 aromatic carbocycles. The van der Waals surface area contributed by atoms with Crippen molar-refractivity contribution in [2.45, 2.75) is 32.2 Å². The summed E-state index contributed by atoms with van der Waals surface area (Å²) < 4.78 is 5.33. The van der Waals surface area contributed by atoms with Crippen LogP contribution in [0.4, 0.5) is 0 Å². The molecule has 5 heteroatoms. The van der Waals surface area contributed by atoms with Gasteiger partial charge in [-0.2, -0.15) is 0 Å². The van der Waals surface area contributed by atoms with Crippen LogP contribution < -0.4 is 10.1 Å². The smallest absolute Gasteiger partial charge is 0.223 e. The van der Waals surface area contributed by atoms with Crippen molar-refractivity contribution in [3.63, 3.8) is 0 Å². The Morgan fingerprint density at radius 1 is 1.45 bits per heavy atom. The number of likely N-dealkylation sites (tertiary alicyclic amines) is 1. The number of hydrogen-bond donors (Lipinski definition) is 1. The minimum atomic E-state index is -0.205. The first-order chi connectivity index (χ1) is 10.5. The summed E-state index contributed by atoms with van der Waals surface area (Å²) in [4.78, 5) is 25.7. The Morgan fingerprint density at radius 2 is 2.18 bits per heavy atom. The predicted octanol–water partition coefficient (Wildman–Crippen LogP) is 1.61. The SMILES string of the molecule is COc1ccccc1CC(C)NC(=O)C1CCN(C)C(=O)C1. The minimum absolute atomic E-state index is 0.00134. The van der Waals surface area contributed by atoms with E-state index in [1.807, 2.05) is 31.2 Å². The molecule has 1 fully saturated rings. The van der Waals surface area contributed by atoms with E-state index in [-0.39, 0.29) is 23.8 Å². The maximum absolute atomic E-state index is 12.3. The fourth-order valence-corrected chi connectivity index (χ4v) is 2.78. The fraction of sp³-hybridized carbons (Fsp3) is 0.529. The lowest BCUT2D eigenvalue weighted by atomic mass is 9.95.